The standard InChI is InChI=1S/C13H20N2O3/c1-17-10-8-14-11(13(15-10)18-2)12(16)9-6-4-3-5-7-9/h8-9,12,16H,3-7H2,1-2H3. The lowest BCUT2D eigenvalue weighted by Crippen LogP contribution is -2.18. The Morgan fingerprint density at radius 1 is 1.22 bits per heavy atom. The second kappa shape index (κ2) is 6.00. The normalized spacial score (nSPS) is 18.4. The van der Waals surface area contributed by atoms with Crippen molar-refractivity contribution in [3.8, 4) is 11.8 Å². The van der Waals surface area contributed by atoms with Crippen LogP contribution in [0.15, 0.2) is 6.20 Å². The van der Waals surface area contributed by atoms with Crippen LogP contribution in [-0.2, 0) is 0 Å². The van der Waals surface area contributed by atoms with Crippen molar-refractivity contribution in [3.63, 3.8) is 0 Å². The van der Waals surface area contributed by atoms with E-state index in [-0.39, 0.29) is 5.92 Å². The largest absolute Gasteiger partial charge is 0.480 e. The van der Waals surface area contributed by atoms with Crippen LogP contribution in [0.5, 0.6) is 11.8 Å². The highest BCUT2D eigenvalue weighted by molar-refractivity contribution is 5.25. The molecule has 1 N–H and O–H groups in total. The number of ether oxygens (including phenoxy) is 2. The smallest absolute Gasteiger partial charge is 0.241 e. The Morgan fingerprint density at radius 3 is 2.56 bits per heavy atom. The first-order valence-corrected chi connectivity index (χ1v) is 6.39. The summed E-state index contributed by atoms with van der Waals surface area (Å²) < 4.78 is 10.2. The van der Waals surface area contributed by atoms with Crippen LogP contribution in [0.2, 0.25) is 0 Å². The van der Waals surface area contributed by atoms with Crippen molar-refractivity contribution in [2.24, 2.45) is 5.92 Å². The Labute approximate surface area is 107 Å². The predicted molar refractivity (Wildman–Crippen MR) is 66.7 cm³/mol. The van der Waals surface area contributed by atoms with Gasteiger partial charge in [0.05, 0.1) is 20.4 Å². The lowest BCUT2D eigenvalue weighted by atomic mass is 9.84. The molecular formula is C13H20N2O3. The molecule has 0 bridgehead atoms. The summed E-state index contributed by atoms with van der Waals surface area (Å²) in [7, 11) is 3.06. The van der Waals surface area contributed by atoms with Crippen molar-refractivity contribution in [2.45, 2.75) is 38.2 Å². The van der Waals surface area contributed by atoms with Gasteiger partial charge in [-0.3, -0.25) is 0 Å². The highest BCUT2D eigenvalue weighted by atomic mass is 16.5. The van der Waals surface area contributed by atoms with Gasteiger partial charge in [0.15, 0.2) is 0 Å². The van der Waals surface area contributed by atoms with Crippen LogP contribution < -0.4 is 9.47 Å². The van der Waals surface area contributed by atoms with Crippen LogP contribution in [0.4, 0.5) is 0 Å². The van der Waals surface area contributed by atoms with Crippen LogP contribution in [0.1, 0.15) is 43.9 Å². The van der Waals surface area contributed by atoms with Crippen LogP contribution in [0, 0.1) is 5.92 Å². The number of rotatable bonds is 4. The molecule has 5 nitrogen and oxygen atoms in total. The first-order chi connectivity index (χ1) is 8.76. The molecular weight excluding hydrogens is 232 g/mol. The minimum absolute atomic E-state index is 0.260. The van der Waals surface area contributed by atoms with Gasteiger partial charge in [0.25, 0.3) is 0 Å². The third-order valence-electron chi connectivity index (χ3n) is 3.52. The molecule has 1 fully saturated rings. The fourth-order valence-corrected chi connectivity index (χ4v) is 2.49. The highest BCUT2D eigenvalue weighted by Gasteiger charge is 2.27. The Morgan fingerprint density at radius 2 is 1.94 bits per heavy atom. The van der Waals surface area contributed by atoms with E-state index in [0.717, 1.165) is 12.8 Å². The molecule has 0 amide bonds. The second-order valence-electron chi connectivity index (χ2n) is 4.65. The molecule has 1 unspecified atom stereocenters. The minimum atomic E-state index is -0.598. The van der Waals surface area contributed by atoms with Crippen molar-refractivity contribution in [1.29, 1.82) is 0 Å². The third-order valence-corrected chi connectivity index (χ3v) is 3.52. The summed E-state index contributed by atoms with van der Waals surface area (Å²) in [5, 5.41) is 10.4. The summed E-state index contributed by atoms with van der Waals surface area (Å²) in [5.41, 5.74) is 0.519. The van der Waals surface area contributed by atoms with Gasteiger partial charge < -0.3 is 14.6 Å². The SMILES string of the molecule is COc1cnc(C(O)C2CCCCC2)c(OC)n1. The van der Waals surface area contributed by atoms with Gasteiger partial charge in [0.2, 0.25) is 11.8 Å². The lowest BCUT2D eigenvalue weighted by Gasteiger charge is -2.26. The zero-order chi connectivity index (χ0) is 13.0. The molecule has 1 heterocycles. The molecule has 2 rings (SSSR count). The van der Waals surface area contributed by atoms with Crippen molar-refractivity contribution in [1.82, 2.24) is 9.97 Å². The summed E-state index contributed by atoms with van der Waals surface area (Å²) in [6, 6.07) is 0. The minimum Gasteiger partial charge on any atom is -0.480 e. The molecule has 18 heavy (non-hydrogen) atoms. The van der Waals surface area contributed by atoms with Gasteiger partial charge in [-0.25, -0.2) is 4.98 Å². The maximum Gasteiger partial charge on any atom is 0.241 e. The predicted octanol–water partition coefficient (Wildman–Crippen LogP) is 2.11. The molecule has 1 saturated carbocycles. The summed E-state index contributed by atoms with van der Waals surface area (Å²) in [4.78, 5) is 8.39. The van der Waals surface area contributed by atoms with E-state index in [0.29, 0.717) is 17.5 Å². The molecule has 1 aliphatic rings. The van der Waals surface area contributed by atoms with Gasteiger partial charge in [0.1, 0.15) is 11.8 Å². The Balaban J connectivity index is 2.20. The topological polar surface area (TPSA) is 64.5 Å². The summed E-state index contributed by atoms with van der Waals surface area (Å²) >= 11 is 0. The number of hydrogen-bond acceptors (Lipinski definition) is 5. The number of methoxy groups -OCH3 is 2. The van der Waals surface area contributed by atoms with Crippen LogP contribution in [-0.4, -0.2) is 29.3 Å². The van der Waals surface area contributed by atoms with E-state index in [1.807, 2.05) is 0 Å². The summed E-state index contributed by atoms with van der Waals surface area (Å²) in [6.45, 7) is 0. The Kier molecular flexibility index (Phi) is 4.36. The Hall–Kier alpha value is -1.36. The van der Waals surface area contributed by atoms with E-state index < -0.39 is 6.10 Å². The van der Waals surface area contributed by atoms with Gasteiger partial charge >= 0.3 is 0 Å². The highest BCUT2D eigenvalue weighted by Crippen LogP contribution is 2.36. The average molecular weight is 252 g/mol. The van der Waals surface area contributed by atoms with E-state index in [9.17, 15) is 5.11 Å². The fraction of sp³-hybridized carbons (Fsp3) is 0.692. The maximum atomic E-state index is 10.4. The number of hydrogen-bond donors (Lipinski definition) is 1. The maximum absolute atomic E-state index is 10.4. The number of aromatic nitrogens is 2. The number of nitrogens with zero attached hydrogens (tertiary/aromatic N) is 2. The van der Waals surface area contributed by atoms with Gasteiger partial charge in [-0.1, -0.05) is 19.3 Å². The molecule has 0 spiro atoms. The first-order valence-electron chi connectivity index (χ1n) is 6.39. The van der Waals surface area contributed by atoms with E-state index in [4.69, 9.17) is 9.47 Å². The zero-order valence-corrected chi connectivity index (χ0v) is 10.9. The molecule has 1 aromatic heterocycles. The molecule has 0 radical (unpaired) electrons. The number of aliphatic hydroxyl groups is 1. The molecule has 0 aliphatic heterocycles. The van der Waals surface area contributed by atoms with E-state index in [1.165, 1.54) is 39.7 Å². The molecule has 1 aliphatic carbocycles. The quantitative estimate of drug-likeness (QED) is 0.889. The summed E-state index contributed by atoms with van der Waals surface area (Å²) in [5.74, 6) is 1.01. The van der Waals surface area contributed by atoms with E-state index in [2.05, 4.69) is 9.97 Å². The van der Waals surface area contributed by atoms with Gasteiger partial charge in [-0.15, -0.1) is 0 Å². The monoisotopic (exact) mass is 252 g/mol. The van der Waals surface area contributed by atoms with E-state index >= 15 is 0 Å². The first kappa shape index (κ1) is 13.1. The van der Waals surface area contributed by atoms with Crippen molar-refractivity contribution in [2.75, 3.05) is 14.2 Å². The second-order valence-corrected chi connectivity index (χ2v) is 4.65. The van der Waals surface area contributed by atoms with Crippen LogP contribution >= 0.6 is 0 Å². The molecule has 0 aromatic carbocycles. The third kappa shape index (κ3) is 2.72. The van der Waals surface area contributed by atoms with E-state index in [1.54, 1.807) is 0 Å². The van der Waals surface area contributed by atoms with Crippen LogP contribution in [0.3, 0.4) is 0 Å². The van der Waals surface area contributed by atoms with Gasteiger partial charge in [0, 0.05) is 0 Å². The van der Waals surface area contributed by atoms with Crippen molar-refractivity contribution in [3.05, 3.63) is 11.9 Å². The lowest BCUT2D eigenvalue weighted by molar-refractivity contribution is 0.0776. The molecule has 1 atom stereocenters. The molecule has 100 valence electrons. The fourth-order valence-electron chi connectivity index (χ4n) is 2.49. The van der Waals surface area contributed by atoms with Crippen molar-refractivity contribution >= 4 is 0 Å². The zero-order valence-electron chi connectivity index (χ0n) is 10.9. The average Bonchev–Trinajstić information content (AvgIpc) is 2.46. The van der Waals surface area contributed by atoms with Crippen LogP contribution in [0.25, 0.3) is 0 Å². The Bertz CT molecular complexity index is 392. The molecule has 5 heteroatoms. The molecule has 1 aromatic rings. The number of aliphatic hydroxyl groups excluding tert-OH is 1. The van der Waals surface area contributed by atoms with Gasteiger partial charge in [-0.05, 0) is 18.8 Å². The summed E-state index contributed by atoms with van der Waals surface area (Å²) in [6.07, 6.45) is 6.61. The molecule has 0 saturated heterocycles. The van der Waals surface area contributed by atoms with Gasteiger partial charge in [-0.2, -0.15) is 4.98 Å². The van der Waals surface area contributed by atoms with Crippen molar-refractivity contribution < 1.29 is 14.6 Å².